The Morgan fingerprint density at radius 2 is 2.05 bits per heavy atom. The van der Waals surface area contributed by atoms with Crippen LogP contribution in [0.2, 0.25) is 0 Å². The fourth-order valence-corrected chi connectivity index (χ4v) is 1.58. The zero-order valence-electron chi connectivity index (χ0n) is 12.2. The first-order chi connectivity index (χ1) is 9.44. The van der Waals surface area contributed by atoms with Gasteiger partial charge in [0.15, 0.2) is 11.6 Å². The summed E-state index contributed by atoms with van der Waals surface area (Å²) in [5.41, 5.74) is -0.318. The molecule has 1 aromatic heterocycles. The molecule has 112 valence electrons. The van der Waals surface area contributed by atoms with Crippen LogP contribution in [0, 0.1) is 0 Å². The molecule has 1 saturated heterocycles. The second-order valence-electron chi connectivity index (χ2n) is 5.30. The number of rotatable bonds is 2. The highest BCUT2D eigenvalue weighted by molar-refractivity contribution is 5.49. The minimum Gasteiger partial charge on any atom is -0.503 e. The zero-order chi connectivity index (χ0) is 15.0. The summed E-state index contributed by atoms with van der Waals surface area (Å²) >= 11 is 0. The lowest BCUT2D eigenvalue weighted by Crippen LogP contribution is -2.43. The highest BCUT2D eigenvalue weighted by Gasteiger charge is 2.14. The van der Waals surface area contributed by atoms with Crippen LogP contribution in [0.25, 0.3) is 0 Å². The molecule has 0 aliphatic carbocycles. The molecule has 0 aromatic carbocycles. The third kappa shape index (κ3) is 5.83. The summed E-state index contributed by atoms with van der Waals surface area (Å²) in [6, 6.07) is 0. The molecule has 0 bridgehead atoms. The van der Waals surface area contributed by atoms with Gasteiger partial charge in [0.1, 0.15) is 11.9 Å². The maximum atomic E-state index is 9.60. The van der Waals surface area contributed by atoms with Crippen molar-refractivity contribution < 1.29 is 14.6 Å². The van der Waals surface area contributed by atoms with Gasteiger partial charge in [-0.15, -0.1) is 0 Å². The van der Waals surface area contributed by atoms with Gasteiger partial charge in [0, 0.05) is 26.2 Å². The van der Waals surface area contributed by atoms with E-state index in [0.717, 1.165) is 26.2 Å². The van der Waals surface area contributed by atoms with Crippen molar-refractivity contribution in [2.45, 2.75) is 26.4 Å². The first-order valence-corrected chi connectivity index (χ1v) is 6.50. The summed E-state index contributed by atoms with van der Waals surface area (Å²) < 4.78 is 4.55. The van der Waals surface area contributed by atoms with Crippen molar-refractivity contribution in [1.82, 2.24) is 15.3 Å². The van der Waals surface area contributed by atoms with Gasteiger partial charge in [-0.3, -0.25) is 4.79 Å². The van der Waals surface area contributed by atoms with Gasteiger partial charge in [0.25, 0.3) is 6.47 Å². The summed E-state index contributed by atoms with van der Waals surface area (Å²) in [4.78, 5) is 19.4. The molecule has 0 unspecified atom stereocenters. The third-order valence-electron chi connectivity index (χ3n) is 2.49. The molecule has 20 heavy (non-hydrogen) atoms. The molecular formula is C13H22N4O3. The number of nitrogens with zero attached hydrogens (tertiary/aromatic N) is 3. The fraction of sp³-hybridized carbons (Fsp3) is 0.615. The molecule has 1 aliphatic rings. The van der Waals surface area contributed by atoms with E-state index in [1.54, 1.807) is 0 Å². The van der Waals surface area contributed by atoms with Gasteiger partial charge >= 0.3 is 0 Å². The Bertz CT molecular complexity index is 414. The number of ether oxygens (including phenoxy) is 1. The summed E-state index contributed by atoms with van der Waals surface area (Å²) in [5.74, 6) is 0.793. The van der Waals surface area contributed by atoms with E-state index >= 15 is 0 Å². The number of hydrogen-bond donors (Lipinski definition) is 2. The summed E-state index contributed by atoms with van der Waals surface area (Å²) in [7, 11) is 0. The van der Waals surface area contributed by atoms with Gasteiger partial charge in [0.05, 0.1) is 6.20 Å². The van der Waals surface area contributed by atoms with Crippen LogP contribution in [0.1, 0.15) is 20.8 Å². The molecule has 1 fully saturated rings. The van der Waals surface area contributed by atoms with E-state index in [0.29, 0.717) is 12.3 Å². The Morgan fingerprint density at radius 1 is 1.40 bits per heavy atom. The summed E-state index contributed by atoms with van der Waals surface area (Å²) in [6.45, 7) is 9.55. The van der Waals surface area contributed by atoms with Gasteiger partial charge in [-0.05, 0) is 20.8 Å². The maximum absolute atomic E-state index is 9.60. The Kier molecular flexibility index (Phi) is 6.17. The van der Waals surface area contributed by atoms with Crippen molar-refractivity contribution >= 4 is 12.3 Å². The second kappa shape index (κ2) is 7.64. The van der Waals surface area contributed by atoms with Crippen LogP contribution in [0.15, 0.2) is 12.5 Å². The van der Waals surface area contributed by atoms with Gasteiger partial charge < -0.3 is 20.1 Å². The van der Waals surface area contributed by atoms with Crippen LogP contribution >= 0.6 is 0 Å². The molecule has 0 radical (unpaired) electrons. The number of carbonyl (C=O) groups excluding carboxylic acids is 1. The van der Waals surface area contributed by atoms with E-state index in [1.165, 1.54) is 12.5 Å². The number of piperazine rings is 1. The fourth-order valence-electron chi connectivity index (χ4n) is 1.58. The van der Waals surface area contributed by atoms with Crippen LogP contribution in [0.4, 0.5) is 5.82 Å². The Balaban J connectivity index is 0.000000246. The number of aromatic hydroxyl groups is 1. The van der Waals surface area contributed by atoms with Crippen LogP contribution in [0.5, 0.6) is 5.75 Å². The van der Waals surface area contributed by atoms with E-state index < -0.39 is 0 Å². The molecular weight excluding hydrogens is 260 g/mol. The summed E-state index contributed by atoms with van der Waals surface area (Å²) in [5, 5.41) is 12.7. The molecule has 1 aromatic rings. The Labute approximate surface area is 119 Å². The van der Waals surface area contributed by atoms with E-state index in [2.05, 4.69) is 20.0 Å². The lowest BCUT2D eigenvalue weighted by molar-refractivity contribution is -0.138. The monoisotopic (exact) mass is 282 g/mol. The first kappa shape index (κ1) is 16.2. The smallest absolute Gasteiger partial charge is 0.293 e. The van der Waals surface area contributed by atoms with Crippen molar-refractivity contribution in [3.8, 4) is 5.75 Å². The largest absolute Gasteiger partial charge is 0.503 e. The van der Waals surface area contributed by atoms with Gasteiger partial charge in [0.2, 0.25) is 0 Å². The van der Waals surface area contributed by atoms with Crippen LogP contribution in [0.3, 0.4) is 0 Å². The highest BCUT2D eigenvalue weighted by Crippen LogP contribution is 2.21. The summed E-state index contributed by atoms with van der Waals surface area (Å²) in [6.07, 6.45) is 2.88. The van der Waals surface area contributed by atoms with Gasteiger partial charge in [-0.2, -0.15) is 0 Å². The quantitative estimate of drug-likeness (QED) is 0.766. The minimum atomic E-state index is -0.318. The highest BCUT2D eigenvalue weighted by atomic mass is 16.5. The topological polar surface area (TPSA) is 87.6 Å². The number of carbonyl (C=O) groups is 1. The average molecular weight is 282 g/mol. The van der Waals surface area contributed by atoms with Crippen molar-refractivity contribution in [2.24, 2.45) is 0 Å². The van der Waals surface area contributed by atoms with E-state index in [1.807, 2.05) is 25.7 Å². The molecule has 0 amide bonds. The molecule has 7 nitrogen and oxygen atoms in total. The molecule has 2 heterocycles. The molecule has 0 saturated carbocycles. The second-order valence-corrected chi connectivity index (χ2v) is 5.30. The van der Waals surface area contributed by atoms with E-state index in [9.17, 15) is 9.90 Å². The van der Waals surface area contributed by atoms with Crippen molar-refractivity contribution in [3.05, 3.63) is 12.5 Å². The standard InChI is InChI=1S/C8H12N4O.C5H10O2/c13-7-5-10-6-11-8(7)12-3-1-9-2-4-12;1-5(2,3)7-4-6/h5-6,9,13H,1-4H2;4H,1-3H3. The predicted molar refractivity (Wildman–Crippen MR) is 75.7 cm³/mol. The Hall–Kier alpha value is -1.89. The number of nitrogens with one attached hydrogen (secondary N) is 1. The van der Waals surface area contributed by atoms with Crippen molar-refractivity contribution in [3.63, 3.8) is 0 Å². The molecule has 7 heteroatoms. The molecule has 2 N–H and O–H groups in total. The van der Waals surface area contributed by atoms with Crippen LogP contribution in [-0.2, 0) is 9.53 Å². The lowest BCUT2D eigenvalue weighted by atomic mass is 10.2. The van der Waals surface area contributed by atoms with E-state index in [-0.39, 0.29) is 11.4 Å². The molecule has 0 atom stereocenters. The van der Waals surface area contributed by atoms with Crippen LogP contribution in [-0.4, -0.2) is 53.3 Å². The number of hydrogen-bond acceptors (Lipinski definition) is 7. The zero-order valence-corrected chi connectivity index (χ0v) is 12.2. The third-order valence-corrected chi connectivity index (χ3v) is 2.49. The average Bonchev–Trinajstić information content (AvgIpc) is 2.40. The SMILES string of the molecule is CC(C)(C)OC=O.Oc1cncnc1N1CCNCC1. The molecule has 1 aliphatic heterocycles. The first-order valence-electron chi connectivity index (χ1n) is 6.50. The maximum Gasteiger partial charge on any atom is 0.293 e. The number of anilines is 1. The van der Waals surface area contributed by atoms with Crippen LogP contribution < -0.4 is 10.2 Å². The van der Waals surface area contributed by atoms with Gasteiger partial charge in [-0.25, -0.2) is 9.97 Å². The van der Waals surface area contributed by atoms with Crippen molar-refractivity contribution in [2.75, 3.05) is 31.1 Å². The predicted octanol–water partition coefficient (Wildman–Crippen LogP) is 0.550. The normalized spacial score (nSPS) is 15.1. The lowest BCUT2D eigenvalue weighted by Gasteiger charge is -2.28. The van der Waals surface area contributed by atoms with Crippen molar-refractivity contribution in [1.29, 1.82) is 0 Å². The number of aromatic nitrogens is 2. The molecule has 2 rings (SSSR count). The molecule has 0 spiro atoms. The Morgan fingerprint density at radius 3 is 2.50 bits per heavy atom. The minimum absolute atomic E-state index is 0.157. The van der Waals surface area contributed by atoms with E-state index in [4.69, 9.17) is 0 Å². The van der Waals surface area contributed by atoms with Gasteiger partial charge in [-0.1, -0.05) is 0 Å².